The molecule has 21 heavy (non-hydrogen) atoms. The zero-order valence-electron chi connectivity index (χ0n) is 12.0. The highest BCUT2D eigenvalue weighted by Crippen LogP contribution is 2.20. The van der Waals surface area contributed by atoms with Gasteiger partial charge in [0.15, 0.2) is 0 Å². The highest BCUT2D eigenvalue weighted by atomic mass is 35.7. The maximum atomic E-state index is 13.4. The Kier molecular flexibility index (Phi) is 6.61. The molecule has 0 aliphatic rings. The van der Waals surface area contributed by atoms with Crippen molar-refractivity contribution in [2.45, 2.75) is 38.0 Å². The molecular weight excluding hydrogens is 317 g/mol. The van der Waals surface area contributed by atoms with Crippen LogP contribution in [0.3, 0.4) is 0 Å². The van der Waals surface area contributed by atoms with Crippen molar-refractivity contribution in [3.63, 3.8) is 0 Å². The second-order valence-electron chi connectivity index (χ2n) is 5.23. The van der Waals surface area contributed by atoms with Gasteiger partial charge in [0, 0.05) is 22.8 Å². The van der Waals surface area contributed by atoms with Gasteiger partial charge in [0.05, 0.1) is 0 Å². The minimum absolute atomic E-state index is 0.0690. The number of carbonyl (C=O) groups is 1. The van der Waals surface area contributed by atoms with Crippen molar-refractivity contribution in [3.05, 3.63) is 29.6 Å². The van der Waals surface area contributed by atoms with Crippen LogP contribution in [-0.2, 0) is 9.05 Å². The van der Waals surface area contributed by atoms with Gasteiger partial charge in [-0.15, -0.1) is 0 Å². The third-order valence-corrected chi connectivity index (χ3v) is 4.29. The van der Waals surface area contributed by atoms with Gasteiger partial charge in [0.1, 0.15) is 10.7 Å². The van der Waals surface area contributed by atoms with Crippen LogP contribution in [-0.4, -0.2) is 20.9 Å². The molecular formula is C14H19ClFNO3S. The topological polar surface area (TPSA) is 63.2 Å². The van der Waals surface area contributed by atoms with E-state index < -0.39 is 25.7 Å². The van der Waals surface area contributed by atoms with Crippen molar-refractivity contribution in [2.24, 2.45) is 5.92 Å². The maximum Gasteiger partial charge on any atom is 0.264 e. The predicted octanol–water partition coefficient (Wildman–Crippen LogP) is 3.31. The Hall–Kier alpha value is -1.14. The zero-order chi connectivity index (χ0) is 16.0. The minimum Gasteiger partial charge on any atom is -0.352 e. The molecule has 1 amide bonds. The number of hydrogen-bond donors (Lipinski definition) is 1. The first kappa shape index (κ1) is 17.9. The van der Waals surface area contributed by atoms with E-state index in [9.17, 15) is 17.6 Å². The van der Waals surface area contributed by atoms with Crippen molar-refractivity contribution < 1.29 is 17.6 Å². The largest absolute Gasteiger partial charge is 0.352 e. The molecule has 1 aromatic carbocycles. The Labute approximate surface area is 129 Å². The zero-order valence-corrected chi connectivity index (χ0v) is 13.6. The molecule has 0 aliphatic heterocycles. The second-order valence-corrected chi connectivity index (χ2v) is 7.76. The molecule has 0 aromatic heterocycles. The smallest absolute Gasteiger partial charge is 0.264 e. The fraction of sp³-hybridized carbons (Fsp3) is 0.500. The fourth-order valence-electron chi connectivity index (χ4n) is 1.81. The third kappa shape index (κ3) is 6.01. The van der Waals surface area contributed by atoms with Gasteiger partial charge in [0.2, 0.25) is 0 Å². The molecule has 0 radical (unpaired) electrons. The van der Waals surface area contributed by atoms with Gasteiger partial charge in [-0.2, -0.15) is 0 Å². The van der Waals surface area contributed by atoms with Crippen molar-refractivity contribution in [1.82, 2.24) is 5.32 Å². The molecule has 0 bridgehead atoms. The number of nitrogens with one attached hydrogen (secondary N) is 1. The summed E-state index contributed by atoms with van der Waals surface area (Å²) in [6.45, 7) is 4.75. The van der Waals surface area contributed by atoms with Crippen LogP contribution in [0.2, 0.25) is 0 Å². The summed E-state index contributed by atoms with van der Waals surface area (Å²) in [5, 5.41) is 2.67. The van der Waals surface area contributed by atoms with Crippen molar-refractivity contribution in [1.29, 1.82) is 0 Å². The van der Waals surface area contributed by atoms with Crippen LogP contribution in [0.25, 0.3) is 0 Å². The Balaban J connectivity index is 2.63. The highest BCUT2D eigenvalue weighted by molar-refractivity contribution is 8.13. The predicted molar refractivity (Wildman–Crippen MR) is 80.5 cm³/mol. The quantitative estimate of drug-likeness (QED) is 0.614. The van der Waals surface area contributed by atoms with Crippen molar-refractivity contribution >= 4 is 25.6 Å². The van der Waals surface area contributed by atoms with Crippen molar-refractivity contribution in [2.75, 3.05) is 6.54 Å². The van der Waals surface area contributed by atoms with E-state index in [1.807, 2.05) is 0 Å². The molecule has 0 saturated heterocycles. The first-order valence-corrected chi connectivity index (χ1v) is 9.05. The Morgan fingerprint density at radius 3 is 2.57 bits per heavy atom. The Morgan fingerprint density at radius 2 is 2.00 bits per heavy atom. The molecule has 118 valence electrons. The number of amides is 1. The number of unbranched alkanes of at least 4 members (excludes halogenated alkanes) is 1. The Bertz CT molecular complexity index is 602. The van der Waals surface area contributed by atoms with E-state index >= 15 is 0 Å². The monoisotopic (exact) mass is 335 g/mol. The third-order valence-electron chi connectivity index (χ3n) is 2.95. The van der Waals surface area contributed by atoms with Gasteiger partial charge in [-0.25, -0.2) is 12.8 Å². The van der Waals surface area contributed by atoms with Gasteiger partial charge in [0.25, 0.3) is 15.0 Å². The van der Waals surface area contributed by atoms with Crippen LogP contribution in [0.5, 0.6) is 0 Å². The van der Waals surface area contributed by atoms with Gasteiger partial charge in [-0.1, -0.05) is 26.7 Å². The summed E-state index contributed by atoms with van der Waals surface area (Å²) in [6.07, 6.45) is 2.93. The molecule has 0 fully saturated rings. The molecule has 1 N–H and O–H groups in total. The standard InChI is InChI=1S/C14H19ClFNO3S/c1-10(2)5-3-4-8-17-14(18)11-6-7-12(16)13(9-11)21(15,19)20/h6-7,9-10H,3-5,8H2,1-2H3,(H,17,18). The SMILES string of the molecule is CC(C)CCCCNC(=O)c1ccc(F)c(S(=O)(=O)Cl)c1. The number of benzene rings is 1. The number of rotatable bonds is 7. The van der Waals surface area contributed by atoms with Crippen LogP contribution in [0.1, 0.15) is 43.5 Å². The fourth-order valence-corrected chi connectivity index (χ4v) is 2.74. The van der Waals surface area contributed by atoms with Crippen LogP contribution in [0, 0.1) is 11.7 Å². The summed E-state index contributed by atoms with van der Waals surface area (Å²) in [4.78, 5) is 11.2. The van der Waals surface area contributed by atoms with Crippen LogP contribution in [0.4, 0.5) is 4.39 Å². The maximum absolute atomic E-state index is 13.4. The molecule has 0 spiro atoms. The summed E-state index contributed by atoms with van der Waals surface area (Å²) in [6, 6.07) is 3.09. The van der Waals surface area contributed by atoms with Crippen LogP contribution >= 0.6 is 10.7 Å². The van der Waals surface area contributed by atoms with E-state index in [2.05, 4.69) is 19.2 Å². The lowest BCUT2D eigenvalue weighted by Crippen LogP contribution is -2.24. The highest BCUT2D eigenvalue weighted by Gasteiger charge is 2.18. The first-order chi connectivity index (χ1) is 9.71. The lowest BCUT2D eigenvalue weighted by atomic mass is 10.1. The van der Waals surface area contributed by atoms with E-state index in [0.29, 0.717) is 12.5 Å². The molecule has 0 saturated carbocycles. The van der Waals surface area contributed by atoms with Gasteiger partial charge in [-0.3, -0.25) is 4.79 Å². The van der Waals surface area contributed by atoms with E-state index in [0.717, 1.165) is 31.4 Å². The molecule has 1 rings (SSSR count). The molecule has 0 unspecified atom stereocenters. The summed E-state index contributed by atoms with van der Waals surface area (Å²) in [5.41, 5.74) is 0.0690. The lowest BCUT2D eigenvalue weighted by molar-refractivity contribution is 0.0952. The minimum atomic E-state index is -4.21. The summed E-state index contributed by atoms with van der Waals surface area (Å²) in [7, 11) is 0.905. The van der Waals surface area contributed by atoms with Gasteiger partial charge < -0.3 is 5.32 Å². The van der Waals surface area contributed by atoms with Crippen LogP contribution < -0.4 is 5.32 Å². The van der Waals surface area contributed by atoms with E-state index in [4.69, 9.17) is 10.7 Å². The molecule has 0 aliphatic carbocycles. The summed E-state index contributed by atoms with van der Waals surface area (Å²) in [5.74, 6) is -0.797. The van der Waals surface area contributed by atoms with Crippen molar-refractivity contribution in [3.8, 4) is 0 Å². The summed E-state index contributed by atoms with van der Waals surface area (Å²) >= 11 is 0. The number of halogens is 2. The normalized spacial score (nSPS) is 11.7. The Morgan fingerprint density at radius 1 is 1.33 bits per heavy atom. The van der Waals surface area contributed by atoms with Gasteiger partial charge in [-0.05, 0) is 30.5 Å². The number of carbonyl (C=O) groups excluding carboxylic acids is 1. The van der Waals surface area contributed by atoms with E-state index in [1.165, 1.54) is 6.07 Å². The molecule has 0 atom stereocenters. The molecule has 7 heteroatoms. The number of hydrogen-bond acceptors (Lipinski definition) is 3. The molecule has 1 aromatic rings. The second kappa shape index (κ2) is 7.75. The van der Waals surface area contributed by atoms with Gasteiger partial charge >= 0.3 is 0 Å². The lowest BCUT2D eigenvalue weighted by Gasteiger charge is -2.07. The summed E-state index contributed by atoms with van der Waals surface area (Å²) < 4.78 is 35.7. The average molecular weight is 336 g/mol. The van der Waals surface area contributed by atoms with E-state index in [-0.39, 0.29) is 5.56 Å². The van der Waals surface area contributed by atoms with Crippen LogP contribution in [0.15, 0.2) is 23.1 Å². The molecule has 4 nitrogen and oxygen atoms in total. The average Bonchev–Trinajstić information content (AvgIpc) is 2.36. The molecule has 0 heterocycles. The first-order valence-electron chi connectivity index (χ1n) is 6.74. The van der Waals surface area contributed by atoms with E-state index in [1.54, 1.807) is 0 Å².